The number of benzene rings is 1. The Hall–Kier alpha value is -1.82. The van der Waals surface area contributed by atoms with Crippen molar-refractivity contribution in [3.05, 3.63) is 35.2 Å². The third kappa shape index (κ3) is 2.06. The first-order valence-electron chi connectivity index (χ1n) is 4.39. The summed E-state index contributed by atoms with van der Waals surface area (Å²) < 4.78 is 6.05. The predicted octanol–water partition coefficient (Wildman–Crippen LogP) is 2.32. The van der Waals surface area contributed by atoms with Gasteiger partial charge in [-0.2, -0.15) is 0 Å². The minimum absolute atomic E-state index is 0.0253. The van der Waals surface area contributed by atoms with Crippen molar-refractivity contribution in [1.29, 1.82) is 0 Å². The second kappa shape index (κ2) is 4.36. The summed E-state index contributed by atoms with van der Waals surface area (Å²) in [6.07, 6.45) is 2.92. The number of aromatic nitrogens is 2. The minimum Gasteiger partial charge on any atom is -0.506 e. The maximum atomic E-state index is 9.40. The summed E-state index contributed by atoms with van der Waals surface area (Å²) in [7, 11) is 0. The largest absolute Gasteiger partial charge is 0.506 e. The summed E-state index contributed by atoms with van der Waals surface area (Å²) in [6, 6.07) is 4.76. The van der Waals surface area contributed by atoms with Gasteiger partial charge in [0, 0.05) is 6.20 Å². The van der Waals surface area contributed by atoms with E-state index < -0.39 is 0 Å². The molecule has 0 bridgehead atoms. The Balaban J connectivity index is 2.35. The number of anilines is 1. The number of rotatable bonds is 2. The van der Waals surface area contributed by atoms with E-state index in [4.69, 9.17) is 10.5 Å². The highest BCUT2D eigenvalue weighted by Gasteiger charge is 2.08. The van der Waals surface area contributed by atoms with Gasteiger partial charge in [0.1, 0.15) is 17.8 Å². The minimum atomic E-state index is -0.0253. The van der Waals surface area contributed by atoms with Gasteiger partial charge in [0.05, 0.1) is 4.47 Å². The second-order valence-corrected chi connectivity index (χ2v) is 3.82. The zero-order valence-corrected chi connectivity index (χ0v) is 9.68. The molecule has 0 aliphatic heterocycles. The van der Waals surface area contributed by atoms with Crippen LogP contribution in [0.4, 0.5) is 5.69 Å². The molecule has 0 amide bonds. The highest BCUT2D eigenvalue weighted by molar-refractivity contribution is 9.10. The summed E-state index contributed by atoms with van der Waals surface area (Å²) in [5.41, 5.74) is 5.82. The van der Waals surface area contributed by atoms with Crippen LogP contribution in [0.15, 0.2) is 35.2 Å². The van der Waals surface area contributed by atoms with Crippen LogP contribution in [0.25, 0.3) is 0 Å². The standard InChI is InChI=1S/C10H8BrN3O2/c11-6-4-13-5-14-10(6)16-8-3-1-2-7(15)9(8)12/h1-5,15H,12H2. The number of ether oxygens (including phenoxy) is 1. The molecule has 1 aromatic carbocycles. The van der Waals surface area contributed by atoms with E-state index in [1.807, 2.05) is 0 Å². The summed E-state index contributed by atoms with van der Waals surface area (Å²) >= 11 is 3.24. The first-order chi connectivity index (χ1) is 7.68. The SMILES string of the molecule is Nc1c(O)cccc1Oc1ncncc1Br. The molecule has 82 valence electrons. The molecule has 6 heteroatoms. The number of hydrogen-bond donors (Lipinski definition) is 2. The maximum absolute atomic E-state index is 9.40. The Morgan fingerprint density at radius 1 is 1.38 bits per heavy atom. The van der Waals surface area contributed by atoms with Crippen LogP contribution in [-0.4, -0.2) is 15.1 Å². The van der Waals surface area contributed by atoms with Gasteiger partial charge >= 0.3 is 0 Å². The molecule has 0 radical (unpaired) electrons. The van der Waals surface area contributed by atoms with Crippen LogP contribution in [0.5, 0.6) is 17.4 Å². The van der Waals surface area contributed by atoms with Gasteiger partial charge < -0.3 is 15.6 Å². The van der Waals surface area contributed by atoms with E-state index in [0.717, 1.165) is 0 Å². The smallest absolute Gasteiger partial charge is 0.236 e. The van der Waals surface area contributed by atoms with Crippen LogP contribution in [-0.2, 0) is 0 Å². The molecule has 2 aromatic rings. The van der Waals surface area contributed by atoms with Crippen LogP contribution >= 0.6 is 15.9 Å². The Kier molecular flexibility index (Phi) is 2.91. The number of nitrogens with zero attached hydrogens (tertiary/aromatic N) is 2. The molecule has 0 spiro atoms. The van der Waals surface area contributed by atoms with E-state index in [2.05, 4.69) is 25.9 Å². The van der Waals surface area contributed by atoms with Crippen LogP contribution in [0.3, 0.4) is 0 Å². The number of phenols is 1. The molecule has 2 rings (SSSR count). The Morgan fingerprint density at radius 3 is 2.94 bits per heavy atom. The van der Waals surface area contributed by atoms with Gasteiger partial charge in [-0.1, -0.05) is 6.07 Å². The number of hydrogen-bond acceptors (Lipinski definition) is 5. The highest BCUT2D eigenvalue weighted by Crippen LogP contribution is 2.34. The van der Waals surface area contributed by atoms with Crippen molar-refractivity contribution in [1.82, 2.24) is 9.97 Å². The normalized spacial score (nSPS) is 10.1. The van der Waals surface area contributed by atoms with Crippen LogP contribution in [0.1, 0.15) is 0 Å². The van der Waals surface area contributed by atoms with Crippen LogP contribution in [0, 0.1) is 0 Å². The van der Waals surface area contributed by atoms with Gasteiger partial charge in [0.2, 0.25) is 5.88 Å². The van der Waals surface area contributed by atoms with E-state index in [0.29, 0.717) is 16.1 Å². The Morgan fingerprint density at radius 2 is 2.19 bits per heavy atom. The lowest BCUT2D eigenvalue weighted by Crippen LogP contribution is -1.94. The van der Waals surface area contributed by atoms with Crippen molar-refractivity contribution in [3.63, 3.8) is 0 Å². The van der Waals surface area contributed by atoms with Gasteiger partial charge in [-0.25, -0.2) is 9.97 Å². The molecule has 5 nitrogen and oxygen atoms in total. The predicted molar refractivity (Wildman–Crippen MR) is 62.3 cm³/mol. The maximum Gasteiger partial charge on any atom is 0.236 e. The molecule has 0 atom stereocenters. The molecule has 0 aliphatic carbocycles. The average molecular weight is 282 g/mol. The second-order valence-electron chi connectivity index (χ2n) is 2.97. The molecule has 3 N–H and O–H groups in total. The topological polar surface area (TPSA) is 81.3 Å². The summed E-state index contributed by atoms with van der Waals surface area (Å²) in [4.78, 5) is 7.73. The van der Waals surface area contributed by atoms with E-state index in [1.165, 1.54) is 12.4 Å². The van der Waals surface area contributed by atoms with Crippen molar-refractivity contribution in [2.75, 3.05) is 5.73 Å². The summed E-state index contributed by atoms with van der Waals surface area (Å²) in [5.74, 6) is 0.661. The molecule has 0 fully saturated rings. The lowest BCUT2D eigenvalue weighted by Gasteiger charge is -2.08. The first-order valence-corrected chi connectivity index (χ1v) is 5.18. The molecule has 0 saturated carbocycles. The van der Waals surface area contributed by atoms with Gasteiger partial charge in [-0.3, -0.25) is 0 Å². The fourth-order valence-corrected chi connectivity index (χ4v) is 1.40. The number of nitrogen functional groups attached to an aromatic ring is 1. The molecular formula is C10H8BrN3O2. The van der Waals surface area contributed by atoms with E-state index in [9.17, 15) is 5.11 Å². The number of phenolic OH excluding ortho intramolecular Hbond substituents is 1. The van der Waals surface area contributed by atoms with Crippen molar-refractivity contribution in [2.45, 2.75) is 0 Å². The summed E-state index contributed by atoms with van der Waals surface area (Å²) in [5, 5.41) is 9.40. The molecule has 16 heavy (non-hydrogen) atoms. The molecular weight excluding hydrogens is 274 g/mol. The monoisotopic (exact) mass is 281 g/mol. The summed E-state index contributed by atoms with van der Waals surface area (Å²) in [6.45, 7) is 0. The number of aromatic hydroxyl groups is 1. The lowest BCUT2D eigenvalue weighted by atomic mass is 10.3. The van der Waals surface area contributed by atoms with Crippen molar-refractivity contribution < 1.29 is 9.84 Å². The van der Waals surface area contributed by atoms with Crippen molar-refractivity contribution in [3.8, 4) is 17.4 Å². The van der Waals surface area contributed by atoms with Crippen LogP contribution in [0.2, 0.25) is 0 Å². The van der Waals surface area contributed by atoms with Crippen molar-refractivity contribution in [2.24, 2.45) is 0 Å². The van der Waals surface area contributed by atoms with Gasteiger partial charge in [0.25, 0.3) is 0 Å². The Bertz CT molecular complexity index is 519. The molecule has 0 saturated heterocycles. The number of halogens is 1. The van der Waals surface area contributed by atoms with E-state index in [1.54, 1.807) is 18.3 Å². The number of para-hydroxylation sites is 1. The third-order valence-corrected chi connectivity index (χ3v) is 2.43. The van der Waals surface area contributed by atoms with Crippen LogP contribution < -0.4 is 10.5 Å². The fraction of sp³-hybridized carbons (Fsp3) is 0. The third-order valence-electron chi connectivity index (χ3n) is 1.88. The molecule has 0 aliphatic rings. The fourth-order valence-electron chi connectivity index (χ4n) is 1.10. The average Bonchev–Trinajstić information content (AvgIpc) is 2.28. The molecule has 1 aromatic heterocycles. The first kappa shape index (κ1) is 10.7. The zero-order chi connectivity index (χ0) is 11.5. The van der Waals surface area contributed by atoms with Gasteiger partial charge in [0.15, 0.2) is 5.75 Å². The van der Waals surface area contributed by atoms with Gasteiger partial charge in [-0.15, -0.1) is 0 Å². The van der Waals surface area contributed by atoms with Gasteiger partial charge in [-0.05, 0) is 28.1 Å². The van der Waals surface area contributed by atoms with E-state index >= 15 is 0 Å². The lowest BCUT2D eigenvalue weighted by molar-refractivity contribution is 0.447. The molecule has 1 heterocycles. The highest BCUT2D eigenvalue weighted by atomic mass is 79.9. The Labute approximate surface area is 100 Å². The van der Waals surface area contributed by atoms with E-state index in [-0.39, 0.29) is 11.4 Å². The zero-order valence-electron chi connectivity index (χ0n) is 8.09. The number of nitrogens with two attached hydrogens (primary N) is 1. The quantitative estimate of drug-likeness (QED) is 0.652. The molecule has 0 unspecified atom stereocenters. The van der Waals surface area contributed by atoms with Crippen molar-refractivity contribution >= 4 is 21.6 Å².